The highest BCUT2D eigenvalue weighted by Crippen LogP contribution is 2.36. The number of aliphatic hydroxyl groups excluding tert-OH is 1. The van der Waals surface area contributed by atoms with Crippen LogP contribution in [0, 0.1) is 5.92 Å². The number of hydrogen-bond donors (Lipinski definition) is 2. The van der Waals surface area contributed by atoms with Crippen LogP contribution in [-0.4, -0.2) is 11.2 Å². The van der Waals surface area contributed by atoms with Crippen LogP contribution in [0.25, 0.3) is 0 Å². The van der Waals surface area contributed by atoms with Crippen LogP contribution in [-0.2, 0) is 0 Å². The highest BCUT2D eigenvalue weighted by Gasteiger charge is 2.29. The molecule has 0 bridgehead atoms. The first-order chi connectivity index (χ1) is 8.61. The lowest BCUT2D eigenvalue weighted by Crippen LogP contribution is -2.34. The van der Waals surface area contributed by atoms with Crippen molar-refractivity contribution in [3.05, 3.63) is 33.8 Å². The van der Waals surface area contributed by atoms with Crippen molar-refractivity contribution >= 4 is 35.6 Å². The van der Waals surface area contributed by atoms with Gasteiger partial charge in [-0.15, -0.1) is 12.4 Å². The van der Waals surface area contributed by atoms with Crippen LogP contribution < -0.4 is 5.73 Å². The van der Waals surface area contributed by atoms with Gasteiger partial charge >= 0.3 is 0 Å². The molecule has 1 saturated carbocycles. The molecule has 0 amide bonds. The van der Waals surface area contributed by atoms with Gasteiger partial charge in [0.1, 0.15) is 0 Å². The fraction of sp³-hybridized carbons (Fsp3) is 0.571. The van der Waals surface area contributed by atoms with Gasteiger partial charge in [-0.1, -0.05) is 48.5 Å². The maximum Gasteiger partial charge on any atom is 0.0761 e. The molecule has 19 heavy (non-hydrogen) atoms. The lowest BCUT2D eigenvalue weighted by molar-refractivity contribution is 0.0618. The molecule has 1 aromatic carbocycles. The molecule has 0 heterocycles. The van der Waals surface area contributed by atoms with Crippen LogP contribution in [0.4, 0.5) is 0 Å². The van der Waals surface area contributed by atoms with Crippen LogP contribution in [0.2, 0.25) is 10.0 Å². The van der Waals surface area contributed by atoms with Crippen LogP contribution in [0.5, 0.6) is 0 Å². The molecule has 0 aromatic heterocycles. The van der Waals surface area contributed by atoms with E-state index in [1.165, 1.54) is 19.3 Å². The van der Waals surface area contributed by atoms with Gasteiger partial charge < -0.3 is 10.8 Å². The summed E-state index contributed by atoms with van der Waals surface area (Å²) < 4.78 is 0. The predicted molar refractivity (Wildman–Crippen MR) is 83.2 cm³/mol. The van der Waals surface area contributed by atoms with E-state index in [1.54, 1.807) is 18.2 Å². The zero-order chi connectivity index (χ0) is 13.1. The van der Waals surface area contributed by atoms with Gasteiger partial charge in [-0.05, 0) is 30.9 Å². The Labute approximate surface area is 130 Å². The average Bonchev–Trinajstić information content (AvgIpc) is 2.38. The fourth-order valence-corrected chi connectivity index (χ4v) is 3.42. The van der Waals surface area contributed by atoms with E-state index in [9.17, 15) is 5.11 Å². The Morgan fingerprint density at radius 2 is 1.63 bits per heavy atom. The Balaban J connectivity index is 0.00000180. The van der Waals surface area contributed by atoms with Crippen LogP contribution in [0.1, 0.15) is 43.7 Å². The molecule has 1 aliphatic carbocycles. The van der Waals surface area contributed by atoms with E-state index >= 15 is 0 Å². The summed E-state index contributed by atoms with van der Waals surface area (Å²) in [6, 6.07) is 4.80. The maximum absolute atomic E-state index is 10.4. The summed E-state index contributed by atoms with van der Waals surface area (Å²) >= 11 is 12.3. The van der Waals surface area contributed by atoms with Crippen molar-refractivity contribution < 1.29 is 5.11 Å². The van der Waals surface area contributed by atoms with E-state index < -0.39 is 12.1 Å². The fourth-order valence-electron chi connectivity index (χ4n) is 2.77. The number of nitrogens with two attached hydrogens (primary N) is 1. The SMILES string of the molecule is Cl.N[C@@H](c1c(Cl)cccc1Cl)[C@H](O)C1CCCCC1. The third-order valence-corrected chi connectivity index (χ3v) is 4.49. The number of rotatable bonds is 3. The number of benzene rings is 1. The van der Waals surface area contributed by atoms with Gasteiger partial charge in [0.2, 0.25) is 0 Å². The Morgan fingerprint density at radius 3 is 2.16 bits per heavy atom. The van der Waals surface area contributed by atoms with Crippen molar-refractivity contribution in [2.24, 2.45) is 11.7 Å². The first-order valence-corrected chi connectivity index (χ1v) is 7.24. The van der Waals surface area contributed by atoms with Crippen molar-refractivity contribution in [1.82, 2.24) is 0 Å². The molecule has 1 fully saturated rings. The lowest BCUT2D eigenvalue weighted by atomic mass is 9.81. The molecule has 2 nitrogen and oxygen atoms in total. The van der Waals surface area contributed by atoms with Gasteiger partial charge in [0, 0.05) is 15.6 Å². The van der Waals surface area contributed by atoms with Crippen molar-refractivity contribution in [3.63, 3.8) is 0 Å². The normalized spacial score (nSPS) is 19.6. The third-order valence-electron chi connectivity index (χ3n) is 3.83. The topological polar surface area (TPSA) is 46.2 Å². The minimum absolute atomic E-state index is 0. The molecule has 0 spiro atoms. The molecule has 1 aromatic rings. The largest absolute Gasteiger partial charge is 0.391 e. The van der Waals surface area contributed by atoms with Crippen LogP contribution >= 0.6 is 35.6 Å². The van der Waals surface area contributed by atoms with Crippen molar-refractivity contribution in [1.29, 1.82) is 0 Å². The third kappa shape index (κ3) is 3.99. The minimum atomic E-state index is -0.567. The molecule has 3 N–H and O–H groups in total. The number of hydrogen-bond acceptors (Lipinski definition) is 2. The van der Waals surface area contributed by atoms with Gasteiger partial charge in [0.15, 0.2) is 0 Å². The molecule has 2 atom stereocenters. The second-order valence-corrected chi connectivity index (χ2v) is 5.86. The number of halogens is 3. The van der Waals surface area contributed by atoms with E-state index in [2.05, 4.69) is 0 Å². The summed E-state index contributed by atoms with van der Waals surface area (Å²) in [6.07, 6.45) is 5.11. The molecule has 1 aliphatic rings. The second kappa shape index (κ2) is 7.70. The molecule has 0 unspecified atom stereocenters. The second-order valence-electron chi connectivity index (χ2n) is 5.05. The quantitative estimate of drug-likeness (QED) is 0.868. The van der Waals surface area contributed by atoms with Gasteiger partial charge in [-0.3, -0.25) is 0 Å². The summed E-state index contributed by atoms with van der Waals surface area (Å²) in [6.45, 7) is 0. The van der Waals surface area contributed by atoms with E-state index in [4.69, 9.17) is 28.9 Å². The molecule has 0 radical (unpaired) electrons. The zero-order valence-corrected chi connectivity index (χ0v) is 13.0. The first kappa shape index (κ1) is 17.1. The highest BCUT2D eigenvalue weighted by atomic mass is 35.5. The lowest BCUT2D eigenvalue weighted by Gasteiger charge is -2.31. The average molecular weight is 325 g/mol. The Kier molecular flexibility index (Phi) is 6.92. The summed E-state index contributed by atoms with van der Waals surface area (Å²) in [4.78, 5) is 0. The molecule has 108 valence electrons. The summed E-state index contributed by atoms with van der Waals surface area (Å²) in [5.41, 5.74) is 6.82. The Morgan fingerprint density at radius 1 is 1.11 bits per heavy atom. The summed E-state index contributed by atoms with van der Waals surface area (Å²) in [5.74, 6) is 0.265. The highest BCUT2D eigenvalue weighted by molar-refractivity contribution is 6.36. The maximum atomic E-state index is 10.4. The van der Waals surface area contributed by atoms with Crippen molar-refractivity contribution in [2.45, 2.75) is 44.2 Å². The molecule has 0 saturated heterocycles. The van der Waals surface area contributed by atoms with E-state index in [0.717, 1.165) is 12.8 Å². The summed E-state index contributed by atoms with van der Waals surface area (Å²) in [7, 11) is 0. The Hall–Kier alpha value is 0.01000. The minimum Gasteiger partial charge on any atom is -0.391 e. The van der Waals surface area contributed by atoms with Gasteiger partial charge in [-0.2, -0.15) is 0 Å². The molecular weight excluding hydrogens is 305 g/mol. The standard InChI is InChI=1S/C14H19Cl2NO.ClH/c15-10-7-4-8-11(16)12(10)13(17)14(18)9-5-2-1-3-6-9;/h4,7-9,13-14,18H,1-3,5-6,17H2;1H/t13-,14+;/m0./s1. The Bertz CT molecular complexity index is 387. The first-order valence-electron chi connectivity index (χ1n) is 6.49. The van der Waals surface area contributed by atoms with E-state index in [0.29, 0.717) is 15.6 Å². The molecule has 5 heteroatoms. The molecular formula is C14H20Cl3NO. The van der Waals surface area contributed by atoms with E-state index in [1.807, 2.05) is 0 Å². The van der Waals surface area contributed by atoms with E-state index in [-0.39, 0.29) is 18.3 Å². The predicted octanol–water partition coefficient (Wildman–Crippen LogP) is 4.36. The monoisotopic (exact) mass is 323 g/mol. The zero-order valence-electron chi connectivity index (χ0n) is 10.7. The van der Waals surface area contributed by atoms with Gasteiger partial charge in [-0.25, -0.2) is 0 Å². The van der Waals surface area contributed by atoms with Gasteiger partial charge in [0.05, 0.1) is 12.1 Å². The van der Waals surface area contributed by atoms with Crippen LogP contribution in [0.15, 0.2) is 18.2 Å². The van der Waals surface area contributed by atoms with Crippen molar-refractivity contribution in [3.8, 4) is 0 Å². The molecule has 0 aliphatic heterocycles. The summed E-state index contributed by atoms with van der Waals surface area (Å²) in [5, 5.41) is 11.5. The molecule has 2 rings (SSSR count). The number of aliphatic hydroxyl groups is 1. The van der Waals surface area contributed by atoms with Crippen molar-refractivity contribution in [2.75, 3.05) is 0 Å². The van der Waals surface area contributed by atoms with Gasteiger partial charge in [0.25, 0.3) is 0 Å². The smallest absolute Gasteiger partial charge is 0.0761 e. The van der Waals surface area contributed by atoms with Crippen LogP contribution in [0.3, 0.4) is 0 Å².